The summed E-state index contributed by atoms with van der Waals surface area (Å²) in [6.07, 6.45) is 3.64. The standard InChI is InChI=1S/C18H27ClN6/c1-4-20-18(22-10-8-16-6-7-17(19)23-13-16)21-9-5-11-25-15(3)12-14(2)24-25/h6-7,12-13H,4-5,8-11H2,1-3H3,(H2,20,21,22). The predicted molar refractivity (Wildman–Crippen MR) is 103 cm³/mol. The van der Waals surface area contributed by atoms with E-state index < -0.39 is 0 Å². The Bertz CT molecular complexity index is 677. The van der Waals surface area contributed by atoms with E-state index in [1.54, 1.807) is 0 Å². The quantitative estimate of drug-likeness (QED) is 0.328. The van der Waals surface area contributed by atoms with Gasteiger partial charge in [0.1, 0.15) is 5.15 Å². The van der Waals surface area contributed by atoms with Gasteiger partial charge in [-0.05, 0) is 51.3 Å². The third-order valence-corrected chi connectivity index (χ3v) is 3.96. The molecule has 6 nitrogen and oxygen atoms in total. The van der Waals surface area contributed by atoms with Crippen molar-refractivity contribution in [2.24, 2.45) is 4.99 Å². The maximum absolute atomic E-state index is 5.80. The maximum Gasteiger partial charge on any atom is 0.191 e. The van der Waals surface area contributed by atoms with E-state index in [4.69, 9.17) is 11.6 Å². The second kappa shape index (κ2) is 10.0. The molecule has 0 fully saturated rings. The molecule has 2 heterocycles. The molecule has 136 valence electrons. The van der Waals surface area contributed by atoms with Gasteiger partial charge in [0, 0.05) is 38.1 Å². The Morgan fingerprint density at radius 1 is 1.28 bits per heavy atom. The molecule has 0 saturated carbocycles. The number of halogens is 1. The van der Waals surface area contributed by atoms with E-state index in [0.717, 1.165) is 56.2 Å². The third kappa shape index (κ3) is 6.74. The molecule has 0 amide bonds. The number of nitrogens with zero attached hydrogens (tertiary/aromatic N) is 4. The number of rotatable bonds is 8. The molecule has 0 saturated heterocycles. The largest absolute Gasteiger partial charge is 0.357 e. The fourth-order valence-corrected chi connectivity index (χ4v) is 2.65. The Kier molecular flexibility index (Phi) is 7.73. The lowest BCUT2D eigenvalue weighted by Crippen LogP contribution is -2.38. The van der Waals surface area contributed by atoms with Crippen LogP contribution < -0.4 is 10.6 Å². The average molecular weight is 363 g/mol. The molecule has 0 unspecified atom stereocenters. The third-order valence-electron chi connectivity index (χ3n) is 3.74. The number of hydrogen-bond acceptors (Lipinski definition) is 3. The molecule has 0 aromatic carbocycles. The van der Waals surface area contributed by atoms with Crippen molar-refractivity contribution in [1.29, 1.82) is 0 Å². The summed E-state index contributed by atoms with van der Waals surface area (Å²) in [7, 11) is 0. The number of aryl methyl sites for hydroxylation is 3. The number of guanidine groups is 1. The van der Waals surface area contributed by atoms with Crippen LogP contribution in [0.1, 0.15) is 30.3 Å². The Morgan fingerprint density at radius 3 is 2.76 bits per heavy atom. The van der Waals surface area contributed by atoms with Crippen molar-refractivity contribution in [3.05, 3.63) is 46.5 Å². The highest BCUT2D eigenvalue weighted by molar-refractivity contribution is 6.29. The fraction of sp³-hybridized carbons (Fsp3) is 0.500. The van der Waals surface area contributed by atoms with Crippen molar-refractivity contribution in [1.82, 2.24) is 25.4 Å². The van der Waals surface area contributed by atoms with Crippen molar-refractivity contribution >= 4 is 17.6 Å². The van der Waals surface area contributed by atoms with Gasteiger partial charge in [0.25, 0.3) is 0 Å². The van der Waals surface area contributed by atoms with E-state index in [-0.39, 0.29) is 0 Å². The van der Waals surface area contributed by atoms with E-state index in [2.05, 4.69) is 45.6 Å². The fourth-order valence-electron chi connectivity index (χ4n) is 2.53. The molecule has 0 radical (unpaired) electrons. The van der Waals surface area contributed by atoms with Crippen LogP contribution >= 0.6 is 11.6 Å². The maximum atomic E-state index is 5.80. The first kappa shape index (κ1) is 19.2. The van der Waals surface area contributed by atoms with Gasteiger partial charge < -0.3 is 10.6 Å². The minimum Gasteiger partial charge on any atom is -0.357 e. The van der Waals surface area contributed by atoms with Crippen molar-refractivity contribution in [2.75, 3.05) is 19.6 Å². The molecular weight excluding hydrogens is 336 g/mol. The predicted octanol–water partition coefficient (Wildman–Crippen LogP) is 2.74. The number of nitrogens with one attached hydrogen (secondary N) is 2. The SMILES string of the molecule is CCNC(=NCCCn1nc(C)cc1C)NCCc1ccc(Cl)nc1. The molecule has 0 bridgehead atoms. The lowest BCUT2D eigenvalue weighted by atomic mass is 10.2. The molecule has 0 aliphatic heterocycles. The van der Waals surface area contributed by atoms with Crippen LogP contribution in [0, 0.1) is 13.8 Å². The molecule has 0 aliphatic rings. The molecule has 2 aromatic heterocycles. The van der Waals surface area contributed by atoms with Crippen LogP contribution in [0.2, 0.25) is 5.15 Å². The van der Waals surface area contributed by atoms with Crippen molar-refractivity contribution in [3.8, 4) is 0 Å². The Morgan fingerprint density at radius 2 is 2.12 bits per heavy atom. The van der Waals surface area contributed by atoms with Gasteiger partial charge in [-0.2, -0.15) is 5.10 Å². The van der Waals surface area contributed by atoms with Crippen molar-refractivity contribution in [3.63, 3.8) is 0 Å². The minimum atomic E-state index is 0.522. The smallest absolute Gasteiger partial charge is 0.191 e. The highest BCUT2D eigenvalue weighted by Crippen LogP contribution is 2.05. The summed E-state index contributed by atoms with van der Waals surface area (Å²) in [6.45, 7) is 9.45. The first-order chi connectivity index (χ1) is 12.1. The number of aromatic nitrogens is 3. The molecule has 0 aliphatic carbocycles. The van der Waals surface area contributed by atoms with Gasteiger partial charge in [-0.3, -0.25) is 9.67 Å². The summed E-state index contributed by atoms with van der Waals surface area (Å²) in [5.74, 6) is 0.845. The van der Waals surface area contributed by atoms with Crippen molar-refractivity contribution < 1.29 is 0 Å². The molecule has 2 aromatic rings. The van der Waals surface area contributed by atoms with E-state index in [1.165, 1.54) is 5.69 Å². The normalized spacial score (nSPS) is 11.6. The molecule has 2 N–H and O–H groups in total. The van der Waals surface area contributed by atoms with Gasteiger partial charge in [0.2, 0.25) is 0 Å². The Labute approximate surface area is 154 Å². The lowest BCUT2D eigenvalue weighted by Gasteiger charge is -2.11. The average Bonchev–Trinajstić information content (AvgIpc) is 2.91. The summed E-state index contributed by atoms with van der Waals surface area (Å²) in [5, 5.41) is 11.6. The van der Waals surface area contributed by atoms with Gasteiger partial charge in [-0.15, -0.1) is 0 Å². The zero-order valence-corrected chi connectivity index (χ0v) is 16.0. The van der Waals surface area contributed by atoms with Gasteiger partial charge in [0.05, 0.1) is 5.69 Å². The first-order valence-electron chi connectivity index (χ1n) is 8.72. The summed E-state index contributed by atoms with van der Waals surface area (Å²) in [4.78, 5) is 8.72. The highest BCUT2D eigenvalue weighted by Gasteiger charge is 2.01. The van der Waals surface area contributed by atoms with Gasteiger partial charge in [0.15, 0.2) is 5.96 Å². The Hall–Kier alpha value is -2.08. The number of hydrogen-bond donors (Lipinski definition) is 2. The van der Waals surface area contributed by atoms with E-state index >= 15 is 0 Å². The monoisotopic (exact) mass is 362 g/mol. The second-order valence-electron chi connectivity index (χ2n) is 5.93. The molecule has 25 heavy (non-hydrogen) atoms. The van der Waals surface area contributed by atoms with Gasteiger partial charge in [-0.25, -0.2) is 4.98 Å². The molecule has 0 atom stereocenters. The first-order valence-corrected chi connectivity index (χ1v) is 9.10. The molecule has 7 heteroatoms. The minimum absolute atomic E-state index is 0.522. The van der Waals surface area contributed by atoms with Crippen LogP contribution in [0.3, 0.4) is 0 Å². The molecular formula is C18H27ClN6. The van der Waals surface area contributed by atoms with E-state index in [9.17, 15) is 0 Å². The van der Waals surface area contributed by atoms with Crippen LogP contribution in [-0.4, -0.2) is 40.4 Å². The van der Waals surface area contributed by atoms with Crippen LogP contribution in [0.4, 0.5) is 0 Å². The zero-order valence-electron chi connectivity index (χ0n) is 15.2. The summed E-state index contributed by atoms with van der Waals surface area (Å²) in [5.41, 5.74) is 3.41. The van der Waals surface area contributed by atoms with E-state index in [1.807, 2.05) is 29.9 Å². The lowest BCUT2D eigenvalue weighted by molar-refractivity contribution is 0.567. The van der Waals surface area contributed by atoms with Crippen molar-refractivity contribution in [2.45, 2.75) is 40.2 Å². The van der Waals surface area contributed by atoms with E-state index in [0.29, 0.717) is 5.15 Å². The summed E-state index contributed by atoms with van der Waals surface area (Å²) >= 11 is 5.80. The second-order valence-corrected chi connectivity index (χ2v) is 6.32. The van der Waals surface area contributed by atoms with Crippen LogP contribution in [0.15, 0.2) is 29.4 Å². The van der Waals surface area contributed by atoms with Crippen LogP contribution in [-0.2, 0) is 13.0 Å². The van der Waals surface area contributed by atoms with Gasteiger partial charge >= 0.3 is 0 Å². The van der Waals surface area contributed by atoms with Crippen LogP contribution in [0.5, 0.6) is 0 Å². The number of aliphatic imine (C=N–C) groups is 1. The molecule has 2 rings (SSSR count). The van der Waals surface area contributed by atoms with Crippen LogP contribution in [0.25, 0.3) is 0 Å². The molecule has 0 spiro atoms. The topological polar surface area (TPSA) is 67.1 Å². The highest BCUT2D eigenvalue weighted by atomic mass is 35.5. The summed E-state index contributed by atoms with van der Waals surface area (Å²) < 4.78 is 2.04. The number of pyridine rings is 1. The summed E-state index contributed by atoms with van der Waals surface area (Å²) in [6, 6.07) is 5.91. The zero-order chi connectivity index (χ0) is 18.1. The van der Waals surface area contributed by atoms with Gasteiger partial charge in [-0.1, -0.05) is 17.7 Å². The Balaban J connectivity index is 1.75.